The second-order valence-electron chi connectivity index (χ2n) is 5.31. The molecule has 6 heteroatoms. The Labute approximate surface area is 122 Å². The minimum atomic E-state index is 0.517. The Morgan fingerprint density at radius 3 is 2.84 bits per heavy atom. The molecule has 0 amide bonds. The summed E-state index contributed by atoms with van der Waals surface area (Å²) in [5.41, 5.74) is 0. The third kappa shape index (κ3) is 2.84. The molecular weight excluding hydrogens is 306 g/mol. The molecule has 104 valence electrons. The molecule has 3 fully saturated rings. The van der Waals surface area contributed by atoms with Crippen molar-refractivity contribution < 1.29 is 0 Å². The average molecular weight is 326 g/mol. The van der Waals surface area contributed by atoms with Gasteiger partial charge < -0.3 is 15.5 Å². The number of aromatic nitrogens is 2. The number of rotatable bonds is 4. The smallest absolute Gasteiger partial charge is 0.224 e. The van der Waals surface area contributed by atoms with Crippen LogP contribution >= 0.6 is 15.9 Å². The highest BCUT2D eigenvalue weighted by Gasteiger charge is 2.34. The van der Waals surface area contributed by atoms with Crippen LogP contribution < -0.4 is 10.6 Å². The Balaban J connectivity index is 1.73. The van der Waals surface area contributed by atoms with Gasteiger partial charge in [-0.25, -0.2) is 4.98 Å². The summed E-state index contributed by atoms with van der Waals surface area (Å²) < 4.78 is 0.936. The third-order valence-electron chi connectivity index (χ3n) is 4.06. The van der Waals surface area contributed by atoms with E-state index in [0.29, 0.717) is 12.0 Å². The van der Waals surface area contributed by atoms with Crippen molar-refractivity contribution in [1.29, 1.82) is 0 Å². The van der Waals surface area contributed by atoms with Crippen LogP contribution in [-0.4, -0.2) is 47.1 Å². The highest BCUT2D eigenvalue weighted by atomic mass is 79.9. The summed E-state index contributed by atoms with van der Waals surface area (Å²) in [6.45, 7) is 6.54. The number of anilines is 2. The molecule has 1 unspecified atom stereocenters. The zero-order valence-electron chi connectivity index (χ0n) is 11.2. The monoisotopic (exact) mass is 325 g/mol. The van der Waals surface area contributed by atoms with Crippen molar-refractivity contribution in [3.63, 3.8) is 0 Å². The molecule has 0 aliphatic carbocycles. The van der Waals surface area contributed by atoms with E-state index in [-0.39, 0.29) is 0 Å². The molecule has 2 bridgehead atoms. The number of fused-ring (bicyclic) bond motifs is 3. The molecule has 3 aliphatic rings. The number of piperidine rings is 3. The molecule has 1 atom stereocenters. The lowest BCUT2D eigenvalue weighted by Gasteiger charge is -2.45. The van der Waals surface area contributed by atoms with Crippen LogP contribution in [0.5, 0.6) is 0 Å². The number of nitrogens with zero attached hydrogens (tertiary/aromatic N) is 3. The Hall–Kier alpha value is -0.880. The van der Waals surface area contributed by atoms with E-state index in [1.807, 2.05) is 13.1 Å². The summed E-state index contributed by atoms with van der Waals surface area (Å²) in [5, 5.41) is 6.75. The van der Waals surface area contributed by atoms with Crippen molar-refractivity contribution in [2.45, 2.75) is 25.8 Å². The van der Waals surface area contributed by atoms with Crippen LogP contribution in [-0.2, 0) is 0 Å². The molecule has 4 rings (SSSR count). The summed E-state index contributed by atoms with van der Waals surface area (Å²) in [7, 11) is 0. The SMILES string of the molecule is CCNc1ncc(Br)c(NC2CN3CCC2CC3)n1. The highest BCUT2D eigenvalue weighted by molar-refractivity contribution is 9.10. The Morgan fingerprint density at radius 2 is 2.21 bits per heavy atom. The normalized spacial score (nSPS) is 29.3. The van der Waals surface area contributed by atoms with E-state index in [9.17, 15) is 0 Å². The lowest BCUT2D eigenvalue weighted by atomic mass is 9.84. The first-order valence-corrected chi connectivity index (χ1v) is 7.81. The zero-order valence-corrected chi connectivity index (χ0v) is 12.8. The Morgan fingerprint density at radius 1 is 1.42 bits per heavy atom. The molecule has 0 radical (unpaired) electrons. The fourth-order valence-corrected chi connectivity index (χ4v) is 3.32. The first kappa shape index (κ1) is 13.1. The van der Waals surface area contributed by atoms with Crippen LogP contribution in [0.1, 0.15) is 19.8 Å². The van der Waals surface area contributed by atoms with Crippen molar-refractivity contribution in [3.8, 4) is 0 Å². The van der Waals surface area contributed by atoms with Crippen LogP contribution in [0.3, 0.4) is 0 Å². The van der Waals surface area contributed by atoms with Gasteiger partial charge in [-0.2, -0.15) is 4.98 Å². The lowest BCUT2D eigenvalue weighted by Crippen LogP contribution is -2.53. The van der Waals surface area contributed by atoms with Gasteiger partial charge in [-0.1, -0.05) is 0 Å². The van der Waals surface area contributed by atoms with E-state index in [1.54, 1.807) is 0 Å². The van der Waals surface area contributed by atoms with Crippen molar-refractivity contribution in [3.05, 3.63) is 10.7 Å². The number of hydrogen-bond acceptors (Lipinski definition) is 5. The van der Waals surface area contributed by atoms with Crippen LogP contribution in [0, 0.1) is 5.92 Å². The maximum atomic E-state index is 4.54. The summed E-state index contributed by atoms with van der Waals surface area (Å²) in [6.07, 6.45) is 4.43. The molecule has 3 aliphatic heterocycles. The van der Waals surface area contributed by atoms with Gasteiger partial charge in [0.05, 0.1) is 4.47 Å². The van der Waals surface area contributed by atoms with Gasteiger partial charge in [-0.15, -0.1) is 0 Å². The van der Waals surface area contributed by atoms with Gasteiger partial charge >= 0.3 is 0 Å². The van der Waals surface area contributed by atoms with Crippen molar-refractivity contribution in [2.24, 2.45) is 5.92 Å². The van der Waals surface area contributed by atoms with Crippen LogP contribution in [0.2, 0.25) is 0 Å². The minimum Gasteiger partial charge on any atom is -0.365 e. The molecule has 2 N–H and O–H groups in total. The van der Waals surface area contributed by atoms with Gasteiger partial charge in [0.15, 0.2) is 0 Å². The molecule has 0 saturated carbocycles. The molecule has 0 spiro atoms. The molecular formula is C13H20BrN5. The van der Waals surface area contributed by atoms with Crippen LogP contribution in [0.4, 0.5) is 11.8 Å². The molecule has 1 aromatic heterocycles. The maximum Gasteiger partial charge on any atom is 0.224 e. The number of halogens is 1. The summed E-state index contributed by atoms with van der Waals surface area (Å²) in [6, 6.07) is 0.517. The fraction of sp³-hybridized carbons (Fsp3) is 0.692. The zero-order chi connectivity index (χ0) is 13.2. The van der Waals surface area contributed by atoms with Gasteiger partial charge in [0, 0.05) is 25.3 Å². The predicted molar refractivity (Wildman–Crippen MR) is 80.5 cm³/mol. The molecule has 3 saturated heterocycles. The molecule has 4 heterocycles. The van der Waals surface area contributed by atoms with E-state index in [2.05, 4.69) is 41.4 Å². The topological polar surface area (TPSA) is 53.1 Å². The minimum absolute atomic E-state index is 0.517. The van der Waals surface area contributed by atoms with Crippen molar-refractivity contribution >= 4 is 27.7 Å². The van der Waals surface area contributed by atoms with Crippen molar-refractivity contribution in [1.82, 2.24) is 14.9 Å². The number of hydrogen-bond donors (Lipinski definition) is 2. The Bertz CT molecular complexity index is 445. The highest BCUT2D eigenvalue weighted by Crippen LogP contribution is 2.31. The standard InChI is InChI=1S/C13H20BrN5/c1-2-15-13-16-7-10(14)12(18-13)17-11-8-19-5-3-9(11)4-6-19/h7,9,11H,2-6,8H2,1H3,(H2,15,16,17,18). The summed E-state index contributed by atoms with van der Waals surface area (Å²) >= 11 is 3.53. The van der Waals surface area contributed by atoms with Crippen LogP contribution in [0.15, 0.2) is 10.7 Å². The predicted octanol–water partition coefficient (Wildman–Crippen LogP) is 2.18. The first-order valence-electron chi connectivity index (χ1n) is 7.01. The van der Waals surface area contributed by atoms with E-state index in [1.165, 1.54) is 25.9 Å². The maximum absolute atomic E-state index is 4.54. The lowest BCUT2D eigenvalue weighted by molar-refractivity contribution is 0.0973. The Kier molecular flexibility index (Phi) is 3.88. The second kappa shape index (κ2) is 5.63. The summed E-state index contributed by atoms with van der Waals surface area (Å²) in [5.74, 6) is 2.38. The van der Waals surface area contributed by atoms with Crippen LogP contribution in [0.25, 0.3) is 0 Å². The third-order valence-corrected chi connectivity index (χ3v) is 4.64. The number of nitrogens with one attached hydrogen (secondary N) is 2. The molecule has 19 heavy (non-hydrogen) atoms. The average Bonchev–Trinajstić information content (AvgIpc) is 2.44. The second-order valence-corrected chi connectivity index (χ2v) is 6.16. The quantitative estimate of drug-likeness (QED) is 0.888. The van der Waals surface area contributed by atoms with Crippen molar-refractivity contribution in [2.75, 3.05) is 36.8 Å². The van der Waals surface area contributed by atoms with Gasteiger partial charge in [0.2, 0.25) is 5.95 Å². The first-order chi connectivity index (χ1) is 9.26. The van der Waals surface area contributed by atoms with E-state index < -0.39 is 0 Å². The molecule has 0 aromatic carbocycles. The molecule has 1 aromatic rings. The van der Waals surface area contributed by atoms with E-state index in [0.717, 1.165) is 29.3 Å². The van der Waals surface area contributed by atoms with E-state index in [4.69, 9.17) is 0 Å². The molecule has 5 nitrogen and oxygen atoms in total. The summed E-state index contributed by atoms with van der Waals surface area (Å²) in [4.78, 5) is 11.3. The largest absolute Gasteiger partial charge is 0.365 e. The van der Waals surface area contributed by atoms with Gasteiger partial charge in [0.25, 0.3) is 0 Å². The fourth-order valence-electron chi connectivity index (χ4n) is 3.02. The van der Waals surface area contributed by atoms with Gasteiger partial charge in [-0.3, -0.25) is 0 Å². The van der Waals surface area contributed by atoms with Gasteiger partial charge in [0.1, 0.15) is 5.82 Å². The van der Waals surface area contributed by atoms with Gasteiger partial charge in [-0.05, 0) is 54.7 Å². The van der Waals surface area contributed by atoms with E-state index >= 15 is 0 Å².